The normalized spacial score (nSPS) is 24.1. The van der Waals surface area contributed by atoms with Crippen LogP contribution in [0.3, 0.4) is 0 Å². The molecule has 21 heavy (non-hydrogen) atoms. The first-order valence-corrected chi connectivity index (χ1v) is 8.48. The maximum atomic E-state index is 12.3. The molecule has 2 unspecified atom stereocenters. The van der Waals surface area contributed by atoms with Crippen LogP contribution in [0.2, 0.25) is 0 Å². The van der Waals surface area contributed by atoms with E-state index in [-0.39, 0.29) is 5.92 Å². The molecule has 0 N–H and O–H groups in total. The third-order valence-electron chi connectivity index (χ3n) is 4.70. The van der Waals surface area contributed by atoms with Crippen molar-refractivity contribution in [2.24, 2.45) is 23.2 Å². The van der Waals surface area contributed by atoms with Crippen molar-refractivity contribution in [3.05, 3.63) is 0 Å². The topological polar surface area (TPSA) is 29.5 Å². The average molecular weight is 297 g/mol. The second-order valence-corrected chi connectivity index (χ2v) is 8.15. The highest BCUT2D eigenvalue weighted by atomic mass is 16.5. The lowest BCUT2D eigenvalue weighted by atomic mass is 9.68. The molecule has 0 aliphatic heterocycles. The molecule has 2 atom stereocenters. The molecule has 0 amide bonds. The van der Waals surface area contributed by atoms with Crippen molar-refractivity contribution in [1.29, 1.82) is 0 Å². The minimum absolute atomic E-state index is 0.221. The van der Waals surface area contributed by atoms with Gasteiger partial charge in [-0.3, -0.25) is 4.79 Å². The largest absolute Gasteiger partial charge is 0.383 e. The fourth-order valence-corrected chi connectivity index (χ4v) is 3.38. The van der Waals surface area contributed by atoms with E-state index in [1.54, 1.807) is 7.11 Å². The molecule has 0 aromatic rings. The summed E-state index contributed by atoms with van der Waals surface area (Å²) in [6.07, 6.45) is 2.90. The third kappa shape index (κ3) is 6.48. The molecule has 0 saturated heterocycles. The first-order valence-electron chi connectivity index (χ1n) is 8.48. The standard InChI is InChI=1S/C18H35NO2/c1-14(2)12-19(9-10-21-6)13-15-11-16(18(3,4)5)7-8-17(15)20/h14-16H,7-13H2,1-6H3. The summed E-state index contributed by atoms with van der Waals surface area (Å²) in [5.41, 5.74) is 0.314. The smallest absolute Gasteiger partial charge is 0.137 e. The summed E-state index contributed by atoms with van der Waals surface area (Å²) < 4.78 is 5.22. The van der Waals surface area contributed by atoms with E-state index >= 15 is 0 Å². The van der Waals surface area contributed by atoms with Gasteiger partial charge in [0, 0.05) is 39.1 Å². The zero-order valence-electron chi connectivity index (χ0n) is 14.9. The van der Waals surface area contributed by atoms with Gasteiger partial charge in [-0.25, -0.2) is 0 Å². The maximum absolute atomic E-state index is 12.3. The molecular weight excluding hydrogens is 262 g/mol. The Hall–Kier alpha value is -0.410. The van der Waals surface area contributed by atoms with Gasteiger partial charge in [0.25, 0.3) is 0 Å². The fourth-order valence-electron chi connectivity index (χ4n) is 3.38. The van der Waals surface area contributed by atoms with Crippen LogP contribution in [0.15, 0.2) is 0 Å². The Morgan fingerprint density at radius 3 is 2.52 bits per heavy atom. The Labute approximate surface area is 131 Å². The van der Waals surface area contributed by atoms with Crippen LogP contribution in [0.1, 0.15) is 53.9 Å². The van der Waals surface area contributed by atoms with Gasteiger partial charge in [-0.2, -0.15) is 0 Å². The number of hydrogen-bond donors (Lipinski definition) is 0. The lowest BCUT2D eigenvalue weighted by Crippen LogP contribution is -2.41. The van der Waals surface area contributed by atoms with E-state index in [4.69, 9.17) is 4.74 Å². The Kier molecular flexibility index (Phi) is 7.35. The van der Waals surface area contributed by atoms with Crippen LogP contribution in [-0.4, -0.2) is 44.0 Å². The van der Waals surface area contributed by atoms with Gasteiger partial charge in [0.15, 0.2) is 0 Å². The lowest BCUT2D eigenvalue weighted by Gasteiger charge is -2.38. The van der Waals surface area contributed by atoms with Crippen molar-refractivity contribution in [2.75, 3.05) is 33.4 Å². The fraction of sp³-hybridized carbons (Fsp3) is 0.944. The molecule has 0 aromatic carbocycles. The number of Topliss-reactive ketones (excluding diaryl/α,β-unsaturated/α-hetero) is 1. The van der Waals surface area contributed by atoms with Crippen LogP contribution in [-0.2, 0) is 9.53 Å². The van der Waals surface area contributed by atoms with Crippen molar-refractivity contribution in [3.63, 3.8) is 0 Å². The third-order valence-corrected chi connectivity index (χ3v) is 4.70. The number of ether oxygens (including phenoxy) is 1. The molecule has 0 heterocycles. The molecule has 0 radical (unpaired) electrons. The molecule has 124 valence electrons. The lowest BCUT2D eigenvalue weighted by molar-refractivity contribution is -0.127. The maximum Gasteiger partial charge on any atom is 0.137 e. The van der Waals surface area contributed by atoms with Crippen LogP contribution in [0.5, 0.6) is 0 Å². The average Bonchev–Trinajstić information content (AvgIpc) is 2.36. The van der Waals surface area contributed by atoms with Crippen LogP contribution in [0.25, 0.3) is 0 Å². The van der Waals surface area contributed by atoms with Gasteiger partial charge >= 0.3 is 0 Å². The van der Waals surface area contributed by atoms with E-state index < -0.39 is 0 Å². The molecule has 1 saturated carbocycles. The van der Waals surface area contributed by atoms with E-state index in [1.807, 2.05) is 0 Å². The van der Waals surface area contributed by atoms with Crippen molar-refractivity contribution in [3.8, 4) is 0 Å². The van der Waals surface area contributed by atoms with Crippen LogP contribution < -0.4 is 0 Å². The summed E-state index contributed by atoms with van der Waals surface area (Å²) in [7, 11) is 1.74. The number of methoxy groups -OCH3 is 1. The van der Waals surface area contributed by atoms with Crippen molar-refractivity contribution < 1.29 is 9.53 Å². The molecule has 0 spiro atoms. The Morgan fingerprint density at radius 2 is 2.00 bits per heavy atom. The summed E-state index contributed by atoms with van der Waals surface area (Å²) >= 11 is 0. The zero-order chi connectivity index (χ0) is 16.0. The number of ketones is 1. The van der Waals surface area contributed by atoms with Gasteiger partial charge in [-0.05, 0) is 30.1 Å². The van der Waals surface area contributed by atoms with Crippen molar-refractivity contribution >= 4 is 5.78 Å². The summed E-state index contributed by atoms with van der Waals surface area (Å²) in [4.78, 5) is 14.7. The Morgan fingerprint density at radius 1 is 1.33 bits per heavy atom. The molecule has 1 aliphatic carbocycles. The molecule has 1 rings (SSSR count). The highest BCUT2D eigenvalue weighted by Gasteiger charge is 2.35. The molecule has 1 fully saturated rings. The number of carbonyl (C=O) groups excluding carboxylic acids is 1. The molecule has 3 heteroatoms. The van der Waals surface area contributed by atoms with Crippen molar-refractivity contribution in [2.45, 2.75) is 53.9 Å². The highest BCUT2D eigenvalue weighted by Crippen LogP contribution is 2.39. The second kappa shape index (κ2) is 8.28. The van der Waals surface area contributed by atoms with Crippen LogP contribution >= 0.6 is 0 Å². The predicted molar refractivity (Wildman–Crippen MR) is 88.4 cm³/mol. The first-order chi connectivity index (χ1) is 9.74. The van der Waals surface area contributed by atoms with Crippen molar-refractivity contribution in [1.82, 2.24) is 4.90 Å². The zero-order valence-corrected chi connectivity index (χ0v) is 14.9. The van der Waals surface area contributed by atoms with Gasteiger partial charge in [-0.15, -0.1) is 0 Å². The van der Waals surface area contributed by atoms with Gasteiger partial charge in [0.2, 0.25) is 0 Å². The highest BCUT2D eigenvalue weighted by molar-refractivity contribution is 5.82. The van der Waals surface area contributed by atoms with E-state index in [0.717, 1.165) is 45.5 Å². The van der Waals surface area contributed by atoms with E-state index in [1.165, 1.54) is 0 Å². The summed E-state index contributed by atoms with van der Waals surface area (Å²) in [6.45, 7) is 15.0. The SMILES string of the molecule is COCCN(CC(C)C)CC1CC(C(C)(C)C)CCC1=O. The molecule has 0 aromatic heterocycles. The van der Waals surface area contributed by atoms with Gasteiger partial charge in [0.1, 0.15) is 5.78 Å². The van der Waals surface area contributed by atoms with E-state index in [9.17, 15) is 4.79 Å². The summed E-state index contributed by atoms with van der Waals surface area (Å²) in [5.74, 6) is 1.99. The molecule has 1 aliphatic rings. The van der Waals surface area contributed by atoms with Gasteiger partial charge in [-0.1, -0.05) is 34.6 Å². The Balaban J connectivity index is 2.63. The van der Waals surface area contributed by atoms with Crippen LogP contribution in [0.4, 0.5) is 0 Å². The minimum atomic E-state index is 0.221. The van der Waals surface area contributed by atoms with Gasteiger partial charge in [0.05, 0.1) is 6.61 Å². The second-order valence-electron chi connectivity index (χ2n) is 8.15. The monoisotopic (exact) mass is 297 g/mol. The van der Waals surface area contributed by atoms with Gasteiger partial charge < -0.3 is 9.64 Å². The minimum Gasteiger partial charge on any atom is -0.383 e. The van der Waals surface area contributed by atoms with E-state index in [0.29, 0.717) is 23.0 Å². The number of rotatable bonds is 7. The van der Waals surface area contributed by atoms with E-state index in [2.05, 4.69) is 39.5 Å². The quantitative estimate of drug-likeness (QED) is 0.719. The number of carbonyl (C=O) groups is 1. The number of hydrogen-bond acceptors (Lipinski definition) is 3. The summed E-state index contributed by atoms with van der Waals surface area (Å²) in [6, 6.07) is 0. The Bertz CT molecular complexity index is 320. The summed E-state index contributed by atoms with van der Waals surface area (Å²) in [5, 5.41) is 0. The number of nitrogens with zero attached hydrogens (tertiary/aromatic N) is 1. The molecule has 3 nitrogen and oxygen atoms in total. The first kappa shape index (κ1) is 18.6. The van der Waals surface area contributed by atoms with Crippen LogP contribution in [0, 0.1) is 23.2 Å². The predicted octanol–water partition coefficient (Wildman–Crippen LogP) is 3.62. The molecule has 0 bridgehead atoms. The molecular formula is C18H35NO2.